The van der Waals surface area contributed by atoms with Crippen molar-refractivity contribution in [2.75, 3.05) is 12.4 Å². The van der Waals surface area contributed by atoms with Crippen LogP contribution >= 0.6 is 12.2 Å². The third kappa shape index (κ3) is 4.40. The minimum absolute atomic E-state index is 0.0358. The maximum atomic E-state index is 13.0. The van der Waals surface area contributed by atoms with Gasteiger partial charge in [-0.05, 0) is 123 Å². The Kier molecular flexibility index (Phi) is 5.51. The maximum absolute atomic E-state index is 13.0. The summed E-state index contributed by atoms with van der Waals surface area (Å²) in [6, 6.07) is 11.5. The Hall–Kier alpha value is -3.00. The van der Waals surface area contributed by atoms with E-state index in [1.165, 1.54) is 38.5 Å². The van der Waals surface area contributed by atoms with E-state index in [9.17, 15) is 4.79 Å². The van der Waals surface area contributed by atoms with E-state index in [2.05, 4.69) is 20.8 Å². The molecule has 0 atom stereocenters. The molecule has 4 aliphatic carbocycles. The quantitative estimate of drug-likeness (QED) is 0.482. The number of rotatable bonds is 5. The van der Waals surface area contributed by atoms with Crippen LogP contribution in [0.25, 0.3) is 16.7 Å². The van der Waals surface area contributed by atoms with Crippen molar-refractivity contribution in [1.82, 2.24) is 20.3 Å². The van der Waals surface area contributed by atoms with Gasteiger partial charge in [-0.15, -0.1) is 10.2 Å². The van der Waals surface area contributed by atoms with Gasteiger partial charge in [0, 0.05) is 12.1 Å². The number of nitrogens with zero attached hydrogens (tertiary/aromatic N) is 3. The number of thiocarbonyl (C=S) groups is 1. The minimum Gasteiger partial charge on any atom is -0.497 e. The van der Waals surface area contributed by atoms with E-state index >= 15 is 0 Å². The zero-order valence-electron chi connectivity index (χ0n) is 20.2. The molecule has 0 spiro atoms. The Balaban J connectivity index is 1.13. The van der Waals surface area contributed by atoms with Gasteiger partial charge in [0.1, 0.15) is 16.8 Å². The molecular formula is C27H31N5O2S. The van der Waals surface area contributed by atoms with Crippen molar-refractivity contribution in [3.63, 3.8) is 0 Å². The van der Waals surface area contributed by atoms with Crippen molar-refractivity contribution < 1.29 is 9.53 Å². The van der Waals surface area contributed by atoms with Crippen LogP contribution in [0.3, 0.4) is 0 Å². The van der Waals surface area contributed by atoms with Crippen molar-refractivity contribution in [3.05, 3.63) is 42.0 Å². The molecule has 35 heavy (non-hydrogen) atoms. The lowest BCUT2D eigenvalue weighted by molar-refractivity contribution is -0.127. The molecule has 4 bridgehead atoms. The molecule has 8 heteroatoms. The highest BCUT2D eigenvalue weighted by atomic mass is 32.1. The first-order valence-corrected chi connectivity index (χ1v) is 12.9. The molecule has 7 rings (SSSR count). The Labute approximate surface area is 210 Å². The lowest BCUT2D eigenvalue weighted by Gasteiger charge is -2.56. The predicted molar refractivity (Wildman–Crippen MR) is 140 cm³/mol. The van der Waals surface area contributed by atoms with Crippen LogP contribution in [0.2, 0.25) is 0 Å². The summed E-state index contributed by atoms with van der Waals surface area (Å²) in [6.07, 6.45) is 8.38. The predicted octanol–water partition coefficient (Wildman–Crippen LogP) is 5.16. The molecule has 0 unspecified atom stereocenters. The number of aromatic nitrogens is 3. The van der Waals surface area contributed by atoms with Gasteiger partial charge < -0.3 is 15.4 Å². The Bertz CT molecular complexity index is 1260. The van der Waals surface area contributed by atoms with Gasteiger partial charge in [-0.3, -0.25) is 4.79 Å². The van der Waals surface area contributed by atoms with E-state index < -0.39 is 0 Å². The van der Waals surface area contributed by atoms with Crippen molar-refractivity contribution in [2.24, 2.45) is 23.2 Å². The van der Waals surface area contributed by atoms with E-state index in [1.807, 2.05) is 43.3 Å². The number of hydrogen-bond donors (Lipinski definition) is 2. The maximum Gasteiger partial charge on any atom is 0.226 e. The largest absolute Gasteiger partial charge is 0.497 e. The van der Waals surface area contributed by atoms with Crippen LogP contribution in [-0.4, -0.2) is 33.1 Å². The number of aryl methyl sites for hydroxylation is 1. The van der Waals surface area contributed by atoms with Gasteiger partial charge >= 0.3 is 0 Å². The van der Waals surface area contributed by atoms with E-state index in [4.69, 9.17) is 17.0 Å². The Morgan fingerprint density at radius 2 is 1.66 bits per heavy atom. The summed E-state index contributed by atoms with van der Waals surface area (Å²) in [4.78, 5) is 14.6. The average molecular weight is 490 g/mol. The van der Waals surface area contributed by atoms with Crippen LogP contribution in [0.1, 0.15) is 50.5 Å². The third-order valence-electron chi connectivity index (χ3n) is 8.23. The molecular weight excluding hydrogens is 458 g/mol. The van der Waals surface area contributed by atoms with Crippen molar-refractivity contribution in [3.8, 4) is 11.4 Å². The number of amides is 1. The number of carbonyl (C=O) groups excluding carboxylic acids is 1. The highest BCUT2D eigenvalue weighted by Crippen LogP contribution is 2.61. The second-order valence-electron chi connectivity index (χ2n) is 10.9. The molecule has 0 radical (unpaired) electrons. The van der Waals surface area contributed by atoms with Crippen molar-refractivity contribution in [1.29, 1.82) is 0 Å². The van der Waals surface area contributed by atoms with Crippen LogP contribution in [0, 0.1) is 30.1 Å². The van der Waals surface area contributed by atoms with Gasteiger partial charge in [-0.1, -0.05) is 0 Å². The zero-order valence-corrected chi connectivity index (χ0v) is 21.0. The Morgan fingerprint density at radius 3 is 2.26 bits per heavy atom. The number of fused-ring (bicyclic) bond motifs is 1. The highest BCUT2D eigenvalue weighted by molar-refractivity contribution is 7.80. The van der Waals surface area contributed by atoms with Crippen molar-refractivity contribution >= 4 is 40.0 Å². The molecule has 4 aliphatic rings. The lowest BCUT2D eigenvalue weighted by Crippen LogP contribution is -2.48. The summed E-state index contributed by atoms with van der Waals surface area (Å²) in [5.74, 6) is 3.32. The number of ether oxygens (including phenoxy) is 1. The normalized spacial score (nSPS) is 26.6. The molecule has 4 fully saturated rings. The number of anilines is 1. The first kappa shape index (κ1) is 22.5. The van der Waals surface area contributed by atoms with Crippen LogP contribution < -0.4 is 15.4 Å². The minimum atomic E-state index is 0.0358. The number of nitrogens with one attached hydrogen (secondary N) is 2. The van der Waals surface area contributed by atoms with Crippen LogP contribution in [-0.2, 0) is 4.79 Å². The first-order chi connectivity index (χ1) is 16.9. The van der Waals surface area contributed by atoms with Crippen LogP contribution in [0.15, 0.2) is 36.4 Å². The molecule has 0 saturated heterocycles. The van der Waals surface area contributed by atoms with Gasteiger partial charge in [-0.25, -0.2) is 0 Å². The second kappa shape index (κ2) is 8.59. The third-order valence-corrected chi connectivity index (χ3v) is 8.44. The fraction of sp³-hybridized carbons (Fsp3) is 0.481. The van der Waals surface area contributed by atoms with Gasteiger partial charge in [0.2, 0.25) is 5.91 Å². The van der Waals surface area contributed by atoms with Crippen LogP contribution in [0.4, 0.5) is 5.69 Å². The van der Waals surface area contributed by atoms with E-state index in [0.29, 0.717) is 11.5 Å². The van der Waals surface area contributed by atoms with E-state index in [-0.39, 0.29) is 11.3 Å². The van der Waals surface area contributed by atoms with Crippen LogP contribution in [0.5, 0.6) is 5.75 Å². The summed E-state index contributed by atoms with van der Waals surface area (Å²) >= 11 is 5.51. The molecule has 7 nitrogen and oxygen atoms in total. The van der Waals surface area contributed by atoms with Gasteiger partial charge in [0.15, 0.2) is 5.11 Å². The molecule has 3 aromatic rings. The number of methoxy groups -OCH3 is 1. The fourth-order valence-corrected chi connectivity index (χ4v) is 7.43. The SMILES string of the molecule is COc1ccc(-n2nc3cc(C)c(NC(=S)NC(=O)CC45CC6CC(CC(C6)C4)C5)cc3n2)cc1. The smallest absolute Gasteiger partial charge is 0.226 e. The number of carbonyl (C=O) groups is 1. The molecule has 1 amide bonds. The van der Waals surface area contributed by atoms with Crippen molar-refractivity contribution in [2.45, 2.75) is 51.9 Å². The molecule has 1 heterocycles. The number of hydrogen-bond acceptors (Lipinski definition) is 5. The summed E-state index contributed by atoms with van der Waals surface area (Å²) in [5.41, 5.74) is 4.39. The molecule has 1 aromatic heterocycles. The monoisotopic (exact) mass is 489 g/mol. The standard InChI is InChI=1S/C27H31N5O2S/c1-16-7-23-24(31-32(30-23)20-3-5-21(34-2)6-4-20)11-22(16)28-26(35)29-25(33)15-27-12-17-8-18(13-27)10-19(9-17)14-27/h3-7,11,17-19H,8-10,12-15H2,1-2H3,(H2,28,29,33,35). The molecule has 4 saturated carbocycles. The molecule has 2 N–H and O–H groups in total. The summed E-state index contributed by atoms with van der Waals surface area (Å²) in [5, 5.41) is 15.7. The average Bonchev–Trinajstić information content (AvgIpc) is 3.20. The molecule has 2 aromatic carbocycles. The van der Waals surface area contributed by atoms with E-state index in [0.717, 1.165) is 51.5 Å². The van der Waals surface area contributed by atoms with Gasteiger partial charge in [0.25, 0.3) is 0 Å². The lowest BCUT2D eigenvalue weighted by atomic mass is 9.49. The highest BCUT2D eigenvalue weighted by Gasteiger charge is 2.51. The van der Waals surface area contributed by atoms with E-state index in [1.54, 1.807) is 11.9 Å². The molecule has 182 valence electrons. The topological polar surface area (TPSA) is 81.1 Å². The molecule has 0 aliphatic heterocycles. The first-order valence-electron chi connectivity index (χ1n) is 12.5. The fourth-order valence-electron chi connectivity index (χ4n) is 7.21. The Morgan fingerprint density at radius 1 is 1.06 bits per heavy atom. The summed E-state index contributed by atoms with van der Waals surface area (Å²) in [7, 11) is 1.64. The number of benzene rings is 2. The van der Waals surface area contributed by atoms with Gasteiger partial charge in [0.05, 0.1) is 12.8 Å². The zero-order chi connectivity index (χ0) is 24.2. The summed E-state index contributed by atoms with van der Waals surface area (Å²) < 4.78 is 5.23. The summed E-state index contributed by atoms with van der Waals surface area (Å²) in [6.45, 7) is 1.99. The second-order valence-corrected chi connectivity index (χ2v) is 11.3. The van der Waals surface area contributed by atoms with Gasteiger partial charge in [-0.2, -0.15) is 4.80 Å².